The van der Waals surface area contributed by atoms with Gasteiger partial charge < -0.3 is 15.6 Å². The van der Waals surface area contributed by atoms with Crippen molar-refractivity contribution < 1.29 is 0 Å². The molecule has 2 saturated heterocycles. The zero-order chi connectivity index (χ0) is 13.9. The molecule has 3 rings (SSSR count). The largest absolute Gasteiger partial charge is 0.367 e. The lowest BCUT2D eigenvalue weighted by Crippen LogP contribution is -2.42. The van der Waals surface area contributed by atoms with E-state index >= 15 is 0 Å². The number of hydrazine groups is 1. The summed E-state index contributed by atoms with van der Waals surface area (Å²) in [5.74, 6) is 7.86. The summed E-state index contributed by atoms with van der Waals surface area (Å²) in [6.45, 7) is 4.54. The highest BCUT2D eigenvalue weighted by molar-refractivity contribution is 5.47. The second-order valence-electron chi connectivity index (χ2n) is 5.75. The topological polar surface area (TPSA) is 79.1 Å². The van der Waals surface area contributed by atoms with Crippen LogP contribution in [0.15, 0.2) is 6.07 Å². The highest BCUT2D eigenvalue weighted by Crippen LogP contribution is 2.28. The lowest BCUT2D eigenvalue weighted by molar-refractivity contribution is 0.188. The lowest BCUT2D eigenvalue weighted by atomic mass is 9.97. The molecule has 2 fully saturated rings. The monoisotopic (exact) mass is 276 g/mol. The molecule has 0 radical (unpaired) electrons. The Kier molecular flexibility index (Phi) is 4.03. The SMILES string of the molecule is CCc1nc(NN)cc(NC2CCN3CCCC3C2)n1. The smallest absolute Gasteiger partial charge is 0.145 e. The Morgan fingerprint density at radius 3 is 2.95 bits per heavy atom. The Balaban J connectivity index is 1.68. The molecule has 0 aromatic carbocycles. The number of aryl methyl sites for hydroxylation is 1. The number of nitrogen functional groups attached to an aromatic ring is 1. The minimum absolute atomic E-state index is 0.514. The van der Waals surface area contributed by atoms with E-state index in [0.29, 0.717) is 11.9 Å². The van der Waals surface area contributed by atoms with Crippen molar-refractivity contribution in [3.8, 4) is 0 Å². The van der Waals surface area contributed by atoms with Gasteiger partial charge in [-0.1, -0.05) is 6.92 Å². The molecule has 2 aliphatic heterocycles. The van der Waals surface area contributed by atoms with Crippen LogP contribution in [0.1, 0.15) is 38.4 Å². The molecule has 2 aliphatic rings. The first kappa shape index (κ1) is 13.6. The Morgan fingerprint density at radius 1 is 1.30 bits per heavy atom. The van der Waals surface area contributed by atoms with Crippen molar-refractivity contribution in [2.45, 2.75) is 51.1 Å². The molecule has 2 unspecified atom stereocenters. The molecule has 110 valence electrons. The Bertz CT molecular complexity index is 441. The number of fused-ring (bicyclic) bond motifs is 1. The van der Waals surface area contributed by atoms with E-state index in [9.17, 15) is 0 Å². The van der Waals surface area contributed by atoms with Gasteiger partial charge in [-0.3, -0.25) is 0 Å². The maximum atomic E-state index is 5.47. The van der Waals surface area contributed by atoms with E-state index in [1.165, 1.54) is 38.8 Å². The fraction of sp³-hybridized carbons (Fsp3) is 0.714. The summed E-state index contributed by atoms with van der Waals surface area (Å²) in [4.78, 5) is 11.5. The fourth-order valence-corrected chi connectivity index (χ4v) is 3.37. The Morgan fingerprint density at radius 2 is 2.15 bits per heavy atom. The summed E-state index contributed by atoms with van der Waals surface area (Å²) >= 11 is 0. The number of nitrogens with one attached hydrogen (secondary N) is 2. The first-order valence-electron chi connectivity index (χ1n) is 7.63. The van der Waals surface area contributed by atoms with Crippen molar-refractivity contribution in [2.75, 3.05) is 23.8 Å². The molecule has 1 aromatic rings. The number of hydrogen-bond donors (Lipinski definition) is 3. The van der Waals surface area contributed by atoms with Gasteiger partial charge in [-0.15, -0.1) is 0 Å². The van der Waals surface area contributed by atoms with Crippen LogP contribution in [0.5, 0.6) is 0 Å². The third kappa shape index (κ3) is 2.86. The van der Waals surface area contributed by atoms with Gasteiger partial charge in [0.25, 0.3) is 0 Å². The van der Waals surface area contributed by atoms with Crippen LogP contribution in [-0.4, -0.2) is 40.0 Å². The van der Waals surface area contributed by atoms with Gasteiger partial charge in [-0.05, 0) is 32.2 Å². The summed E-state index contributed by atoms with van der Waals surface area (Å²) in [7, 11) is 0. The molecule has 6 heteroatoms. The number of piperidine rings is 1. The maximum Gasteiger partial charge on any atom is 0.145 e. The fourth-order valence-electron chi connectivity index (χ4n) is 3.37. The van der Waals surface area contributed by atoms with Crippen LogP contribution in [0.4, 0.5) is 11.6 Å². The zero-order valence-electron chi connectivity index (χ0n) is 12.1. The van der Waals surface area contributed by atoms with Crippen molar-refractivity contribution in [2.24, 2.45) is 5.84 Å². The summed E-state index contributed by atoms with van der Waals surface area (Å²) in [6.07, 6.45) is 5.92. The van der Waals surface area contributed by atoms with E-state index < -0.39 is 0 Å². The van der Waals surface area contributed by atoms with Crippen LogP contribution in [0.25, 0.3) is 0 Å². The summed E-state index contributed by atoms with van der Waals surface area (Å²) in [5.41, 5.74) is 2.62. The van der Waals surface area contributed by atoms with Crippen molar-refractivity contribution >= 4 is 11.6 Å². The molecule has 0 spiro atoms. The van der Waals surface area contributed by atoms with E-state index in [1.54, 1.807) is 0 Å². The molecule has 20 heavy (non-hydrogen) atoms. The number of nitrogens with two attached hydrogens (primary N) is 1. The van der Waals surface area contributed by atoms with E-state index in [0.717, 1.165) is 24.1 Å². The predicted molar refractivity (Wildman–Crippen MR) is 80.5 cm³/mol. The standard InChI is InChI=1S/C14H24N6/c1-2-12-17-13(9-14(18-12)19-15)16-10-5-7-20-6-3-4-11(20)8-10/h9-11H,2-8,15H2,1H3,(H2,16,17,18,19). The van der Waals surface area contributed by atoms with E-state index in [1.807, 2.05) is 6.07 Å². The van der Waals surface area contributed by atoms with Crippen molar-refractivity contribution in [3.63, 3.8) is 0 Å². The molecule has 0 aliphatic carbocycles. The highest BCUT2D eigenvalue weighted by Gasteiger charge is 2.31. The average molecular weight is 276 g/mol. The first-order chi connectivity index (χ1) is 9.78. The Labute approximate surface area is 120 Å². The molecule has 0 bridgehead atoms. The van der Waals surface area contributed by atoms with Crippen molar-refractivity contribution in [1.82, 2.24) is 14.9 Å². The van der Waals surface area contributed by atoms with Gasteiger partial charge in [-0.2, -0.15) is 0 Å². The second kappa shape index (κ2) is 5.93. The number of aromatic nitrogens is 2. The molecular weight excluding hydrogens is 252 g/mol. The van der Waals surface area contributed by atoms with Gasteiger partial charge in [0.15, 0.2) is 0 Å². The number of nitrogens with zero attached hydrogens (tertiary/aromatic N) is 3. The van der Waals surface area contributed by atoms with Gasteiger partial charge >= 0.3 is 0 Å². The maximum absolute atomic E-state index is 5.47. The van der Waals surface area contributed by atoms with Crippen LogP contribution < -0.4 is 16.6 Å². The molecule has 6 nitrogen and oxygen atoms in total. The number of hydrogen-bond acceptors (Lipinski definition) is 6. The van der Waals surface area contributed by atoms with E-state index in [-0.39, 0.29) is 0 Å². The van der Waals surface area contributed by atoms with Gasteiger partial charge in [0.05, 0.1) is 0 Å². The normalized spacial score (nSPS) is 26.3. The van der Waals surface area contributed by atoms with Crippen LogP contribution in [0.2, 0.25) is 0 Å². The molecule has 2 atom stereocenters. The van der Waals surface area contributed by atoms with E-state index in [2.05, 4.69) is 32.5 Å². The first-order valence-corrected chi connectivity index (χ1v) is 7.63. The quantitative estimate of drug-likeness (QED) is 0.569. The van der Waals surface area contributed by atoms with Crippen molar-refractivity contribution in [1.29, 1.82) is 0 Å². The van der Waals surface area contributed by atoms with Gasteiger partial charge in [-0.25, -0.2) is 15.8 Å². The third-order valence-corrected chi connectivity index (χ3v) is 4.41. The summed E-state index contributed by atoms with van der Waals surface area (Å²) in [5, 5.41) is 3.57. The highest BCUT2D eigenvalue weighted by atomic mass is 15.3. The molecule has 0 saturated carbocycles. The minimum Gasteiger partial charge on any atom is -0.367 e. The van der Waals surface area contributed by atoms with Gasteiger partial charge in [0, 0.05) is 31.1 Å². The Hall–Kier alpha value is -1.40. The zero-order valence-corrected chi connectivity index (χ0v) is 12.1. The number of rotatable bonds is 4. The van der Waals surface area contributed by atoms with Crippen molar-refractivity contribution in [3.05, 3.63) is 11.9 Å². The molecule has 1 aromatic heterocycles. The molecule has 4 N–H and O–H groups in total. The molecule has 0 amide bonds. The van der Waals surface area contributed by atoms with Crippen LogP contribution in [0.3, 0.4) is 0 Å². The molecule has 3 heterocycles. The number of anilines is 2. The summed E-state index contributed by atoms with van der Waals surface area (Å²) < 4.78 is 0. The third-order valence-electron chi connectivity index (χ3n) is 4.41. The van der Waals surface area contributed by atoms with E-state index in [4.69, 9.17) is 5.84 Å². The second-order valence-corrected chi connectivity index (χ2v) is 5.75. The van der Waals surface area contributed by atoms with Crippen LogP contribution >= 0.6 is 0 Å². The minimum atomic E-state index is 0.514. The summed E-state index contributed by atoms with van der Waals surface area (Å²) in [6, 6.07) is 3.17. The average Bonchev–Trinajstić information content (AvgIpc) is 2.94. The lowest BCUT2D eigenvalue weighted by Gasteiger charge is -2.35. The van der Waals surface area contributed by atoms with Crippen LogP contribution in [-0.2, 0) is 6.42 Å². The van der Waals surface area contributed by atoms with Gasteiger partial charge in [0.2, 0.25) is 0 Å². The van der Waals surface area contributed by atoms with Gasteiger partial charge in [0.1, 0.15) is 17.5 Å². The molecular formula is C14H24N6. The predicted octanol–water partition coefficient (Wildman–Crippen LogP) is 1.36. The van der Waals surface area contributed by atoms with Crippen LogP contribution in [0, 0.1) is 0 Å².